The third kappa shape index (κ3) is 4.49. The zero-order chi connectivity index (χ0) is 22.0. The molecule has 31 heavy (non-hydrogen) atoms. The number of carbonyl (C=O) groups is 1. The molecule has 1 aliphatic rings. The normalized spacial score (nSPS) is 15.0. The molecule has 0 bridgehead atoms. The molecule has 1 saturated heterocycles. The van der Waals surface area contributed by atoms with Crippen molar-refractivity contribution in [3.05, 3.63) is 45.7 Å². The average molecular weight is 482 g/mol. The van der Waals surface area contributed by atoms with Crippen molar-refractivity contribution in [3.63, 3.8) is 0 Å². The highest BCUT2D eigenvalue weighted by Gasteiger charge is 2.31. The molecule has 7 nitrogen and oxygen atoms in total. The largest absolute Gasteiger partial charge is 0.496 e. The summed E-state index contributed by atoms with van der Waals surface area (Å²) in [5.41, 5.74) is 0.910. The number of benzene rings is 1. The van der Waals surface area contributed by atoms with Gasteiger partial charge in [0.1, 0.15) is 21.3 Å². The maximum absolute atomic E-state index is 13.7. The number of rotatable bonds is 6. The van der Waals surface area contributed by atoms with Crippen LogP contribution < -0.4 is 10.1 Å². The number of hydrogen-bond donors (Lipinski definition) is 1. The van der Waals surface area contributed by atoms with Crippen LogP contribution in [0.15, 0.2) is 39.9 Å². The molecule has 0 unspecified atom stereocenters. The van der Waals surface area contributed by atoms with Gasteiger partial charge in [-0.05, 0) is 42.5 Å². The molecule has 1 fully saturated rings. The van der Waals surface area contributed by atoms with Gasteiger partial charge < -0.3 is 4.74 Å². The van der Waals surface area contributed by atoms with E-state index in [2.05, 4.69) is 10.3 Å². The maximum Gasteiger partial charge on any atom is 0.268 e. The number of sulfonamides is 1. The third-order valence-corrected chi connectivity index (χ3v) is 8.67. The SMILES string of the molecule is COc1ccc(F)cc1-c1csc(NC(=O)c2sccc2S(=O)(=O)N2CCCCC2)n1. The van der Waals surface area contributed by atoms with E-state index in [9.17, 15) is 17.6 Å². The standard InChI is InChI=1S/C20H20FN3O4S3/c1-28-16-6-5-13(21)11-14(16)15-12-30-20(22-15)23-19(25)18-17(7-10-29-18)31(26,27)24-8-3-2-4-9-24/h5-7,10-12H,2-4,8-9H2,1H3,(H,22,23,25). The van der Waals surface area contributed by atoms with E-state index in [4.69, 9.17) is 4.74 Å². The van der Waals surface area contributed by atoms with Crippen molar-refractivity contribution in [2.75, 3.05) is 25.5 Å². The van der Waals surface area contributed by atoms with Crippen molar-refractivity contribution in [1.82, 2.24) is 9.29 Å². The molecule has 1 amide bonds. The summed E-state index contributed by atoms with van der Waals surface area (Å²) >= 11 is 2.23. The Morgan fingerprint density at radius 2 is 1.97 bits per heavy atom. The number of anilines is 1. The first-order valence-corrected chi connectivity index (χ1v) is 12.8. The highest BCUT2D eigenvalue weighted by atomic mass is 32.2. The fourth-order valence-corrected chi connectivity index (χ4v) is 6.92. The van der Waals surface area contributed by atoms with Crippen LogP contribution in [0.1, 0.15) is 28.9 Å². The van der Waals surface area contributed by atoms with Crippen LogP contribution in [0.5, 0.6) is 5.75 Å². The maximum atomic E-state index is 13.7. The van der Waals surface area contributed by atoms with Gasteiger partial charge in [0, 0.05) is 24.0 Å². The number of nitrogens with zero attached hydrogens (tertiary/aromatic N) is 2. The number of thiazole rings is 1. The number of thiophene rings is 1. The lowest BCUT2D eigenvalue weighted by Gasteiger charge is -2.25. The third-order valence-electron chi connectivity index (χ3n) is 4.93. The average Bonchev–Trinajstić information content (AvgIpc) is 3.44. The van der Waals surface area contributed by atoms with E-state index in [0.29, 0.717) is 30.1 Å². The van der Waals surface area contributed by atoms with E-state index in [-0.39, 0.29) is 14.9 Å². The van der Waals surface area contributed by atoms with Crippen LogP contribution in [-0.4, -0.2) is 43.8 Å². The Kier molecular flexibility index (Phi) is 6.37. The zero-order valence-corrected chi connectivity index (χ0v) is 19.1. The zero-order valence-electron chi connectivity index (χ0n) is 16.6. The van der Waals surface area contributed by atoms with Gasteiger partial charge in [0.2, 0.25) is 10.0 Å². The van der Waals surface area contributed by atoms with E-state index in [1.807, 2.05) is 0 Å². The Balaban J connectivity index is 1.56. The number of carbonyl (C=O) groups excluding carboxylic acids is 1. The monoisotopic (exact) mass is 481 g/mol. The molecular weight excluding hydrogens is 461 g/mol. The summed E-state index contributed by atoms with van der Waals surface area (Å²) in [6, 6.07) is 5.57. The first-order valence-electron chi connectivity index (χ1n) is 9.58. The van der Waals surface area contributed by atoms with Gasteiger partial charge in [0.25, 0.3) is 5.91 Å². The fraction of sp³-hybridized carbons (Fsp3) is 0.300. The van der Waals surface area contributed by atoms with Gasteiger partial charge in [-0.1, -0.05) is 6.42 Å². The Morgan fingerprint density at radius 3 is 2.71 bits per heavy atom. The molecular formula is C20H20FN3O4S3. The summed E-state index contributed by atoms with van der Waals surface area (Å²) in [5, 5.41) is 6.21. The summed E-state index contributed by atoms with van der Waals surface area (Å²) in [6.07, 6.45) is 2.64. The molecule has 1 aliphatic heterocycles. The summed E-state index contributed by atoms with van der Waals surface area (Å²) in [4.78, 5) is 17.3. The molecule has 3 heterocycles. The molecule has 2 aromatic heterocycles. The van der Waals surface area contributed by atoms with Crippen LogP contribution >= 0.6 is 22.7 Å². The summed E-state index contributed by atoms with van der Waals surface area (Å²) in [7, 11) is -2.25. The van der Waals surface area contributed by atoms with Crippen molar-refractivity contribution >= 4 is 43.7 Å². The molecule has 0 aliphatic carbocycles. The minimum atomic E-state index is -3.73. The molecule has 0 atom stereocenters. The van der Waals surface area contributed by atoms with Gasteiger partial charge in [-0.3, -0.25) is 10.1 Å². The Bertz CT molecular complexity index is 1200. The van der Waals surface area contributed by atoms with Crippen molar-refractivity contribution < 1.29 is 22.3 Å². The molecule has 4 rings (SSSR count). The quantitative estimate of drug-likeness (QED) is 0.562. The Labute approximate surface area is 187 Å². The number of ether oxygens (including phenoxy) is 1. The second-order valence-electron chi connectivity index (χ2n) is 6.92. The molecule has 11 heteroatoms. The highest BCUT2D eigenvalue weighted by molar-refractivity contribution is 7.89. The lowest BCUT2D eigenvalue weighted by molar-refractivity contribution is 0.102. The van der Waals surface area contributed by atoms with Gasteiger partial charge in [-0.2, -0.15) is 4.31 Å². The van der Waals surface area contributed by atoms with Crippen molar-refractivity contribution in [2.45, 2.75) is 24.2 Å². The van der Waals surface area contributed by atoms with Crippen molar-refractivity contribution in [3.8, 4) is 17.0 Å². The minimum absolute atomic E-state index is 0.0143. The second-order valence-corrected chi connectivity index (χ2v) is 10.6. The van der Waals surface area contributed by atoms with E-state index in [1.54, 1.807) is 10.8 Å². The molecule has 1 aromatic carbocycles. The molecule has 0 radical (unpaired) electrons. The van der Waals surface area contributed by atoms with Crippen LogP contribution in [0.3, 0.4) is 0 Å². The summed E-state index contributed by atoms with van der Waals surface area (Å²) in [6.45, 7) is 0.926. The molecule has 0 saturated carbocycles. The number of piperidine rings is 1. The van der Waals surface area contributed by atoms with Crippen LogP contribution in [0.25, 0.3) is 11.3 Å². The second kappa shape index (κ2) is 9.03. The summed E-state index contributed by atoms with van der Waals surface area (Å²) in [5.74, 6) is -0.518. The predicted octanol–water partition coefficient (Wildman–Crippen LogP) is 4.45. The van der Waals surface area contributed by atoms with E-state index >= 15 is 0 Å². The van der Waals surface area contributed by atoms with Gasteiger partial charge in [0.15, 0.2) is 5.13 Å². The molecule has 164 valence electrons. The summed E-state index contributed by atoms with van der Waals surface area (Å²) < 4.78 is 46.4. The van der Waals surface area contributed by atoms with E-state index in [0.717, 1.165) is 41.9 Å². The first-order chi connectivity index (χ1) is 14.9. The number of halogens is 1. The lowest BCUT2D eigenvalue weighted by atomic mass is 10.1. The van der Waals surface area contributed by atoms with Gasteiger partial charge in [-0.15, -0.1) is 22.7 Å². The number of methoxy groups -OCH3 is 1. The smallest absolute Gasteiger partial charge is 0.268 e. The van der Waals surface area contributed by atoms with E-state index in [1.165, 1.54) is 35.7 Å². The van der Waals surface area contributed by atoms with Gasteiger partial charge >= 0.3 is 0 Å². The van der Waals surface area contributed by atoms with Crippen LogP contribution in [0.4, 0.5) is 9.52 Å². The predicted molar refractivity (Wildman–Crippen MR) is 119 cm³/mol. The van der Waals surface area contributed by atoms with Crippen LogP contribution in [-0.2, 0) is 10.0 Å². The topological polar surface area (TPSA) is 88.6 Å². The first kappa shape index (κ1) is 21.9. The van der Waals surface area contributed by atoms with E-state index < -0.39 is 21.7 Å². The molecule has 0 spiro atoms. The fourth-order valence-electron chi connectivity index (χ4n) is 3.40. The number of nitrogens with one attached hydrogen (secondary N) is 1. The van der Waals surface area contributed by atoms with Gasteiger partial charge in [0.05, 0.1) is 12.8 Å². The Hall–Kier alpha value is -2.34. The van der Waals surface area contributed by atoms with Crippen LogP contribution in [0.2, 0.25) is 0 Å². The number of amides is 1. The highest BCUT2D eigenvalue weighted by Crippen LogP contribution is 2.33. The Morgan fingerprint density at radius 1 is 1.19 bits per heavy atom. The van der Waals surface area contributed by atoms with Crippen LogP contribution in [0, 0.1) is 5.82 Å². The molecule has 3 aromatic rings. The minimum Gasteiger partial charge on any atom is -0.496 e. The van der Waals surface area contributed by atoms with Crippen molar-refractivity contribution in [1.29, 1.82) is 0 Å². The molecule has 1 N–H and O–H groups in total. The number of aromatic nitrogens is 1. The van der Waals surface area contributed by atoms with Gasteiger partial charge in [-0.25, -0.2) is 17.8 Å². The van der Waals surface area contributed by atoms with Crippen molar-refractivity contribution in [2.24, 2.45) is 0 Å². The number of hydrogen-bond acceptors (Lipinski definition) is 7. The lowest BCUT2D eigenvalue weighted by Crippen LogP contribution is -2.36.